The van der Waals surface area contributed by atoms with Gasteiger partial charge in [-0.25, -0.2) is 14.8 Å². The molecule has 3 heterocycles. The molecule has 0 unspecified atom stereocenters. The monoisotopic (exact) mass is 649 g/mol. The fraction of sp³-hybridized carbons (Fsp3) is 0.405. The molecule has 0 radical (unpaired) electrons. The van der Waals surface area contributed by atoms with E-state index >= 15 is 0 Å². The van der Waals surface area contributed by atoms with E-state index in [9.17, 15) is 4.79 Å². The van der Waals surface area contributed by atoms with Crippen molar-refractivity contribution >= 4 is 48.3 Å². The molecule has 47 heavy (non-hydrogen) atoms. The van der Waals surface area contributed by atoms with Crippen molar-refractivity contribution in [1.82, 2.24) is 19.9 Å². The molecule has 1 fully saturated rings. The van der Waals surface area contributed by atoms with E-state index in [4.69, 9.17) is 14.7 Å². The molecule has 2 N–H and O–H groups in total. The van der Waals surface area contributed by atoms with E-state index in [0.29, 0.717) is 34.0 Å². The summed E-state index contributed by atoms with van der Waals surface area (Å²) >= 11 is 0. The van der Waals surface area contributed by atoms with E-state index in [0.717, 1.165) is 48.4 Å². The number of benzene rings is 2. The number of amides is 1. The first kappa shape index (κ1) is 33.9. The molecule has 1 aliphatic heterocycles. The van der Waals surface area contributed by atoms with E-state index in [1.54, 1.807) is 12.3 Å². The Hall–Kier alpha value is -4.46. The van der Waals surface area contributed by atoms with Gasteiger partial charge < -0.3 is 19.9 Å². The number of likely N-dealkylation sites (N-methyl/N-ethyl adjacent to an activating group) is 1. The lowest BCUT2D eigenvalue weighted by Crippen LogP contribution is -2.44. The second-order valence-corrected chi connectivity index (χ2v) is 18.9. The minimum Gasteiger partial charge on any atom is -0.444 e. The first-order valence-corrected chi connectivity index (χ1v) is 18.8. The molecule has 1 saturated heterocycles. The van der Waals surface area contributed by atoms with Crippen molar-refractivity contribution in [3.8, 4) is 11.5 Å². The highest BCUT2D eigenvalue weighted by atomic mass is 28.3. The van der Waals surface area contributed by atoms with Gasteiger partial charge in [0.05, 0.1) is 5.39 Å². The van der Waals surface area contributed by atoms with Crippen LogP contribution in [0.1, 0.15) is 52.7 Å². The van der Waals surface area contributed by atoms with Crippen LogP contribution in [-0.2, 0) is 11.3 Å². The van der Waals surface area contributed by atoms with Crippen molar-refractivity contribution < 1.29 is 9.53 Å². The number of fused-ring (bicyclic) bond motifs is 1. The summed E-state index contributed by atoms with van der Waals surface area (Å²) in [5.74, 6) is 4.26. The number of carbonyl (C=O) groups is 1. The average Bonchev–Trinajstić information content (AvgIpc) is 3.04. The molecular formula is C37H47N7O2Si. The van der Waals surface area contributed by atoms with Crippen molar-refractivity contribution in [2.45, 2.75) is 64.8 Å². The van der Waals surface area contributed by atoms with E-state index in [1.807, 2.05) is 42.5 Å². The van der Waals surface area contributed by atoms with E-state index in [-0.39, 0.29) is 6.61 Å². The number of hydrogen-bond acceptors (Lipinski definition) is 8. The van der Waals surface area contributed by atoms with Gasteiger partial charge in [0.2, 0.25) is 5.95 Å². The molecule has 0 bridgehead atoms. The Morgan fingerprint density at radius 1 is 0.915 bits per heavy atom. The average molecular weight is 650 g/mol. The van der Waals surface area contributed by atoms with Gasteiger partial charge in [0.15, 0.2) is 5.65 Å². The number of nitrogens with one attached hydrogen (secondary N) is 2. The second kappa shape index (κ2) is 15.0. The quantitative estimate of drug-likeness (QED) is 0.140. The van der Waals surface area contributed by atoms with Crippen LogP contribution in [0.4, 0.5) is 27.9 Å². The molecule has 1 amide bonds. The number of aromatic nitrogens is 3. The Bertz CT molecular complexity index is 1700. The van der Waals surface area contributed by atoms with E-state index < -0.39 is 14.2 Å². The maximum Gasteiger partial charge on any atom is 0.413 e. The largest absolute Gasteiger partial charge is 0.444 e. The number of anilines is 4. The van der Waals surface area contributed by atoms with Crippen LogP contribution in [0, 0.1) is 11.5 Å². The molecule has 2 aromatic carbocycles. The molecule has 9 nitrogen and oxygen atoms in total. The van der Waals surface area contributed by atoms with Crippen molar-refractivity contribution in [2.75, 3.05) is 48.8 Å². The summed E-state index contributed by atoms with van der Waals surface area (Å²) in [5, 5.41) is 6.86. The van der Waals surface area contributed by atoms with Gasteiger partial charge in [-0.3, -0.25) is 5.32 Å². The van der Waals surface area contributed by atoms with Gasteiger partial charge in [0, 0.05) is 49.3 Å². The second-order valence-electron chi connectivity index (χ2n) is 13.3. The van der Waals surface area contributed by atoms with Crippen molar-refractivity contribution in [3.05, 3.63) is 78.0 Å². The topological polar surface area (TPSA) is 95.5 Å². The third-order valence-electron chi connectivity index (χ3n) is 9.28. The van der Waals surface area contributed by atoms with Gasteiger partial charge in [0.25, 0.3) is 0 Å². The van der Waals surface area contributed by atoms with E-state index in [2.05, 4.69) is 97.6 Å². The predicted molar refractivity (Wildman–Crippen MR) is 195 cm³/mol. The summed E-state index contributed by atoms with van der Waals surface area (Å²) in [7, 11) is 0.127. The summed E-state index contributed by atoms with van der Waals surface area (Å²) < 4.78 is 5.48. The van der Waals surface area contributed by atoms with Gasteiger partial charge in [0.1, 0.15) is 20.5 Å². The third-order valence-corrected chi connectivity index (χ3v) is 15.6. The van der Waals surface area contributed by atoms with Crippen LogP contribution < -0.4 is 15.5 Å². The van der Waals surface area contributed by atoms with Gasteiger partial charge >= 0.3 is 6.09 Å². The molecule has 0 saturated carbocycles. The van der Waals surface area contributed by atoms with E-state index in [1.165, 1.54) is 5.69 Å². The maximum absolute atomic E-state index is 12.8. The van der Waals surface area contributed by atoms with Gasteiger partial charge in [-0.05, 0) is 59.6 Å². The van der Waals surface area contributed by atoms with Crippen LogP contribution in [0.5, 0.6) is 0 Å². The summed E-state index contributed by atoms with van der Waals surface area (Å²) in [4.78, 5) is 31.7. The highest BCUT2D eigenvalue weighted by molar-refractivity contribution is 6.90. The molecule has 246 valence electrons. The SMILES string of the molecule is CC(C)[Si](C#Cc1cc(NC(=O)OCc2ccccc2)nc2nc(Nc3ccc(N4CCN(C)CC4)cc3)ncc12)(C(C)C)C(C)C. The molecule has 1 aliphatic rings. The number of carbonyl (C=O) groups excluding carboxylic acids is 1. The lowest BCUT2D eigenvalue weighted by molar-refractivity contribution is 0.155. The smallest absolute Gasteiger partial charge is 0.413 e. The molecule has 0 spiro atoms. The van der Waals surface area contributed by atoms with Gasteiger partial charge in [-0.2, -0.15) is 4.98 Å². The lowest BCUT2D eigenvalue weighted by atomic mass is 10.2. The fourth-order valence-electron chi connectivity index (χ4n) is 6.66. The minimum absolute atomic E-state index is 0.155. The number of piperazine rings is 1. The zero-order valence-electron chi connectivity index (χ0n) is 28.7. The lowest BCUT2D eigenvalue weighted by Gasteiger charge is -2.38. The Morgan fingerprint density at radius 3 is 2.21 bits per heavy atom. The number of ether oxygens (including phenoxy) is 1. The molecule has 5 rings (SSSR count). The van der Waals surface area contributed by atoms with Crippen LogP contribution >= 0.6 is 0 Å². The third kappa shape index (κ3) is 8.10. The summed E-state index contributed by atoms with van der Waals surface area (Å²) in [5.41, 5.74) is 9.37. The Morgan fingerprint density at radius 2 is 1.57 bits per heavy atom. The van der Waals surface area contributed by atoms with Crippen LogP contribution in [0.15, 0.2) is 66.9 Å². The first-order valence-electron chi connectivity index (χ1n) is 16.5. The van der Waals surface area contributed by atoms with Crippen LogP contribution in [-0.4, -0.2) is 67.2 Å². The van der Waals surface area contributed by atoms with Crippen LogP contribution in [0.3, 0.4) is 0 Å². The van der Waals surface area contributed by atoms with Crippen molar-refractivity contribution in [1.29, 1.82) is 0 Å². The Kier molecular flexibility index (Phi) is 10.8. The molecular weight excluding hydrogens is 603 g/mol. The highest BCUT2D eigenvalue weighted by Crippen LogP contribution is 2.41. The summed E-state index contributed by atoms with van der Waals surface area (Å²) in [6, 6.07) is 19.7. The molecule has 10 heteroatoms. The molecule has 0 aliphatic carbocycles. The maximum atomic E-state index is 12.8. The fourth-order valence-corrected chi connectivity index (χ4v) is 11.9. The number of nitrogens with zero attached hydrogens (tertiary/aromatic N) is 5. The van der Waals surface area contributed by atoms with Crippen molar-refractivity contribution in [2.24, 2.45) is 0 Å². The van der Waals surface area contributed by atoms with Gasteiger partial charge in [-0.1, -0.05) is 77.8 Å². The minimum atomic E-state index is -2.03. The molecule has 4 aromatic rings. The van der Waals surface area contributed by atoms with Gasteiger partial charge in [-0.15, -0.1) is 5.54 Å². The van der Waals surface area contributed by atoms with Crippen LogP contribution in [0.25, 0.3) is 11.0 Å². The Balaban J connectivity index is 1.44. The predicted octanol–water partition coefficient (Wildman–Crippen LogP) is 7.84. The highest BCUT2D eigenvalue weighted by Gasteiger charge is 2.41. The zero-order valence-corrected chi connectivity index (χ0v) is 29.7. The summed E-state index contributed by atoms with van der Waals surface area (Å²) in [6.45, 7) is 18.0. The Labute approximate surface area is 280 Å². The molecule has 0 atom stereocenters. The number of rotatable bonds is 9. The van der Waals surface area contributed by atoms with Crippen molar-refractivity contribution in [3.63, 3.8) is 0 Å². The normalized spacial score (nSPS) is 14.0. The summed E-state index contributed by atoms with van der Waals surface area (Å²) in [6.07, 6.45) is 1.17. The van der Waals surface area contributed by atoms with Crippen LogP contribution in [0.2, 0.25) is 16.6 Å². The number of pyridine rings is 1. The standard InChI is InChI=1S/C37H47N7O2Si/c1-26(2)47(27(3)4,28(5)6)22-17-30-23-34(41-37(45)46-25-29-11-9-8-10-12-29)40-35-33(30)24-38-36(42-35)39-31-13-15-32(16-14-31)44-20-18-43(7)19-21-44/h8-16,23-24,26-28H,18-21,25H2,1-7H3,(H2,38,39,40,41,42,45). The zero-order chi connectivity index (χ0) is 33.6. The number of hydrogen-bond donors (Lipinski definition) is 2. The molecule has 2 aromatic heterocycles. The first-order chi connectivity index (χ1) is 22.5.